The molecule has 0 radical (unpaired) electrons. The van der Waals surface area contributed by atoms with Gasteiger partial charge in [0.1, 0.15) is 6.10 Å². The molecule has 1 aromatic carbocycles. The highest BCUT2D eigenvalue weighted by molar-refractivity contribution is 7.91. The Kier molecular flexibility index (Phi) is 10.3. The summed E-state index contributed by atoms with van der Waals surface area (Å²) in [5.41, 5.74) is 1.19. The first kappa shape index (κ1) is 40.5. The predicted molar refractivity (Wildman–Crippen MR) is 214 cm³/mol. The fourth-order valence-corrected chi connectivity index (χ4v) is 14.8. The van der Waals surface area contributed by atoms with Gasteiger partial charge in [0.15, 0.2) is 9.84 Å². The van der Waals surface area contributed by atoms with Gasteiger partial charge in [0.25, 0.3) is 0 Å². The first-order chi connectivity index (χ1) is 25.7. The molecule has 304 valence electrons. The number of nitrogens with zero attached hydrogens (tertiary/aromatic N) is 1. The van der Waals surface area contributed by atoms with E-state index in [1.807, 2.05) is 0 Å². The molecule has 0 unspecified atom stereocenters. The Bertz CT molecular complexity index is 1840. The van der Waals surface area contributed by atoms with Gasteiger partial charge in [-0.05, 0) is 129 Å². The van der Waals surface area contributed by atoms with E-state index in [4.69, 9.17) is 4.74 Å². The van der Waals surface area contributed by atoms with Crippen LogP contribution in [0.25, 0.3) is 0 Å². The Hall–Kier alpha value is -2.72. The lowest BCUT2D eigenvalue weighted by atomic mass is 9.33. The molecule has 6 aliphatic rings. The fourth-order valence-electron chi connectivity index (χ4n) is 13.5. The minimum atomic E-state index is -2.91. The van der Waals surface area contributed by atoms with Crippen molar-refractivity contribution in [2.45, 2.75) is 125 Å². The Morgan fingerprint density at radius 1 is 0.873 bits per heavy atom. The van der Waals surface area contributed by atoms with Crippen molar-refractivity contribution in [3.63, 3.8) is 0 Å². The fraction of sp³-hybridized carbons (Fsp3) is 0.756. The van der Waals surface area contributed by atoms with Crippen LogP contribution in [-0.2, 0) is 19.4 Å². The number of esters is 1. The van der Waals surface area contributed by atoms with E-state index in [0.29, 0.717) is 31.5 Å². The number of fused-ring (bicyclic) bond motifs is 7. The number of hydrogen-bond donors (Lipinski definition) is 2. The molecule has 1 saturated heterocycles. The maximum absolute atomic E-state index is 14.5. The van der Waals surface area contributed by atoms with E-state index in [0.717, 1.165) is 77.2 Å². The Balaban J connectivity index is 1.10. The number of sulfone groups is 1. The number of carboxylic acid groups (broad SMARTS) is 1. The Labute approximate surface area is 329 Å². The minimum Gasteiger partial charge on any atom is -0.478 e. The highest BCUT2D eigenvalue weighted by Gasteiger charge is 2.69. The molecular formula is C45H66N2O7S. The monoisotopic (exact) mass is 778 g/mol. The van der Waals surface area contributed by atoms with Crippen LogP contribution in [0.4, 0.5) is 0 Å². The predicted octanol–water partition coefficient (Wildman–Crippen LogP) is 7.95. The van der Waals surface area contributed by atoms with E-state index < -0.39 is 27.2 Å². The van der Waals surface area contributed by atoms with Crippen LogP contribution in [0.2, 0.25) is 0 Å². The van der Waals surface area contributed by atoms with Crippen molar-refractivity contribution in [2.24, 2.45) is 50.2 Å². The number of carboxylic acids is 1. The molecule has 10 heteroatoms. The van der Waals surface area contributed by atoms with Crippen molar-refractivity contribution in [2.75, 3.05) is 37.7 Å². The molecule has 0 spiro atoms. The van der Waals surface area contributed by atoms with Crippen LogP contribution in [0, 0.1) is 50.2 Å². The molecule has 55 heavy (non-hydrogen) atoms. The van der Waals surface area contributed by atoms with Crippen molar-refractivity contribution in [3.05, 3.63) is 47.0 Å². The van der Waals surface area contributed by atoms with Gasteiger partial charge in [0.2, 0.25) is 5.91 Å². The molecule has 5 aliphatic carbocycles. The third-order valence-electron chi connectivity index (χ3n) is 17.0. The van der Waals surface area contributed by atoms with Crippen LogP contribution >= 0.6 is 0 Å². The SMILES string of the molecule is CC1(C)CC[C@]2(C(=O)NCCCN3CCS(=O)(=O)CC3)CC[C@]3(C)C(=CC[C@@H]4[C@@]5(C)CC[C@H](OC(=O)c6ccccc6C(=O)O)C(C)(C)[C@@H]5CC[C@]43C)[C@@H]2C1. The van der Waals surface area contributed by atoms with Crippen LogP contribution in [-0.4, -0.2) is 80.1 Å². The zero-order chi connectivity index (χ0) is 39.8. The van der Waals surface area contributed by atoms with Crippen molar-refractivity contribution in [3.8, 4) is 0 Å². The Morgan fingerprint density at radius 3 is 2.24 bits per heavy atom. The number of nitrogens with one attached hydrogen (secondary N) is 1. The largest absolute Gasteiger partial charge is 0.478 e. The summed E-state index contributed by atoms with van der Waals surface area (Å²) in [4.78, 5) is 42.1. The second-order valence-electron chi connectivity index (χ2n) is 20.6. The van der Waals surface area contributed by atoms with E-state index in [9.17, 15) is 27.9 Å². The van der Waals surface area contributed by atoms with Gasteiger partial charge in [-0.2, -0.15) is 0 Å². The zero-order valence-corrected chi connectivity index (χ0v) is 35.3. The number of hydrogen-bond acceptors (Lipinski definition) is 7. The molecule has 7 rings (SSSR count). The molecule has 1 heterocycles. The number of allylic oxidation sites excluding steroid dienone is 2. The number of benzene rings is 1. The summed E-state index contributed by atoms with van der Waals surface area (Å²) in [7, 11) is -2.91. The number of carbonyl (C=O) groups is 3. The van der Waals surface area contributed by atoms with Crippen LogP contribution in [0.15, 0.2) is 35.9 Å². The molecular weight excluding hydrogens is 713 g/mol. The lowest BCUT2D eigenvalue weighted by Gasteiger charge is -2.71. The molecule has 1 aliphatic heterocycles. The van der Waals surface area contributed by atoms with Gasteiger partial charge in [-0.25, -0.2) is 18.0 Å². The Morgan fingerprint density at radius 2 is 1.55 bits per heavy atom. The maximum atomic E-state index is 14.5. The molecule has 2 N–H and O–H groups in total. The molecule has 1 amide bonds. The molecule has 0 aromatic heterocycles. The van der Waals surface area contributed by atoms with Crippen molar-refractivity contribution in [1.29, 1.82) is 0 Å². The molecule has 5 fully saturated rings. The topological polar surface area (TPSA) is 130 Å². The summed E-state index contributed by atoms with van der Waals surface area (Å²) in [6.07, 6.45) is 12.9. The van der Waals surface area contributed by atoms with Gasteiger partial charge < -0.3 is 20.1 Å². The van der Waals surface area contributed by atoms with Gasteiger partial charge in [-0.1, -0.05) is 72.2 Å². The highest BCUT2D eigenvalue weighted by Crippen LogP contribution is 2.76. The van der Waals surface area contributed by atoms with Crippen LogP contribution in [0.5, 0.6) is 0 Å². The second kappa shape index (κ2) is 14.0. The van der Waals surface area contributed by atoms with Crippen LogP contribution in [0.3, 0.4) is 0 Å². The van der Waals surface area contributed by atoms with Gasteiger partial charge >= 0.3 is 11.9 Å². The third-order valence-corrected chi connectivity index (χ3v) is 18.6. The highest BCUT2D eigenvalue weighted by atomic mass is 32.2. The minimum absolute atomic E-state index is 0.0195. The summed E-state index contributed by atoms with van der Waals surface area (Å²) in [6.45, 7) is 19.5. The van der Waals surface area contributed by atoms with Crippen molar-refractivity contribution in [1.82, 2.24) is 10.2 Å². The van der Waals surface area contributed by atoms with E-state index in [-0.39, 0.29) is 67.6 Å². The molecule has 9 nitrogen and oxygen atoms in total. The molecule has 1 aromatic rings. The quantitative estimate of drug-likeness (QED) is 0.155. The van der Waals surface area contributed by atoms with Gasteiger partial charge in [0, 0.05) is 25.0 Å². The summed E-state index contributed by atoms with van der Waals surface area (Å²) >= 11 is 0. The number of rotatable bonds is 8. The van der Waals surface area contributed by atoms with E-state index in [2.05, 4.69) is 64.8 Å². The van der Waals surface area contributed by atoms with Crippen molar-refractivity contribution >= 4 is 27.7 Å². The number of amides is 1. The standard InChI is InChI=1S/C45H66N2O7S/c1-40(2)19-21-45(39(51)46-23-10-24-47-25-27-55(52,53)28-26-47)22-20-43(6)32(33(45)29-40)13-14-35-42(5)17-16-36(41(3,4)34(42)15-18-44(35,43)7)54-38(50)31-12-9-8-11-30(31)37(48)49/h8-9,11-13,33-36H,10,14-29H2,1-7H3,(H,46,51)(H,48,49)/t33-,34-,35+,36-,42-,43+,44+,45-/m0/s1. The summed E-state index contributed by atoms with van der Waals surface area (Å²) in [5, 5.41) is 13.1. The van der Waals surface area contributed by atoms with E-state index >= 15 is 0 Å². The number of aromatic carboxylic acids is 1. The molecule has 4 saturated carbocycles. The van der Waals surface area contributed by atoms with Gasteiger partial charge in [-0.3, -0.25) is 4.79 Å². The first-order valence-electron chi connectivity index (χ1n) is 21.1. The van der Waals surface area contributed by atoms with E-state index in [1.54, 1.807) is 18.2 Å². The normalized spacial score (nSPS) is 38.9. The number of carbonyl (C=O) groups excluding carboxylic acids is 2. The van der Waals surface area contributed by atoms with Crippen LogP contribution < -0.4 is 5.32 Å². The average Bonchev–Trinajstić information content (AvgIpc) is 3.11. The summed E-state index contributed by atoms with van der Waals surface area (Å²) in [5.74, 6) is 0.0121. The van der Waals surface area contributed by atoms with E-state index in [1.165, 1.54) is 11.6 Å². The lowest BCUT2D eigenvalue weighted by molar-refractivity contribution is -0.204. The van der Waals surface area contributed by atoms with Crippen LogP contribution in [0.1, 0.15) is 140 Å². The maximum Gasteiger partial charge on any atom is 0.339 e. The zero-order valence-electron chi connectivity index (χ0n) is 34.5. The lowest BCUT2D eigenvalue weighted by Crippen LogP contribution is -2.65. The number of ether oxygens (including phenoxy) is 1. The summed E-state index contributed by atoms with van der Waals surface area (Å²) in [6, 6.07) is 6.33. The average molecular weight is 779 g/mol. The molecule has 0 bridgehead atoms. The first-order valence-corrected chi connectivity index (χ1v) is 23.0. The summed E-state index contributed by atoms with van der Waals surface area (Å²) < 4.78 is 30.0. The van der Waals surface area contributed by atoms with Gasteiger partial charge in [0.05, 0.1) is 28.0 Å². The smallest absolute Gasteiger partial charge is 0.339 e. The molecule has 8 atom stereocenters. The van der Waals surface area contributed by atoms with Crippen molar-refractivity contribution < 1.29 is 32.6 Å². The third kappa shape index (κ3) is 6.71. The second-order valence-corrected chi connectivity index (χ2v) is 22.9. The van der Waals surface area contributed by atoms with Gasteiger partial charge in [-0.15, -0.1) is 0 Å².